The van der Waals surface area contributed by atoms with Crippen LogP contribution in [0.15, 0.2) is 11.6 Å². The monoisotopic (exact) mass is 183 g/mol. The third-order valence-electron chi connectivity index (χ3n) is 1.73. The zero-order chi connectivity index (χ0) is 8.39. The van der Waals surface area contributed by atoms with Crippen LogP contribution in [0.25, 0.3) is 0 Å². The Kier molecular flexibility index (Phi) is 1.95. The van der Waals surface area contributed by atoms with Gasteiger partial charge in [0.2, 0.25) is 5.91 Å². The third-order valence-corrected chi connectivity index (χ3v) is 2.43. The van der Waals surface area contributed by atoms with Crippen LogP contribution in [0.5, 0.6) is 0 Å². The molecule has 5 heteroatoms. The summed E-state index contributed by atoms with van der Waals surface area (Å²) in [5.41, 5.74) is 0. The van der Waals surface area contributed by atoms with E-state index in [-0.39, 0.29) is 12.1 Å². The van der Waals surface area contributed by atoms with Crippen molar-refractivity contribution < 1.29 is 4.79 Å². The van der Waals surface area contributed by atoms with Crippen molar-refractivity contribution in [1.29, 1.82) is 0 Å². The molecule has 1 aliphatic rings. The number of rotatable bonds is 2. The van der Waals surface area contributed by atoms with Crippen LogP contribution in [0, 0.1) is 0 Å². The van der Waals surface area contributed by atoms with Crippen molar-refractivity contribution in [2.75, 3.05) is 5.32 Å². The molecule has 64 valence electrons. The van der Waals surface area contributed by atoms with E-state index in [1.807, 2.05) is 5.38 Å². The van der Waals surface area contributed by atoms with E-state index in [0.29, 0.717) is 6.42 Å². The first kappa shape index (κ1) is 7.54. The molecule has 0 radical (unpaired) electrons. The quantitative estimate of drug-likeness (QED) is 0.712. The molecule has 2 heterocycles. The number of aromatic nitrogens is 1. The molecule has 0 aliphatic carbocycles. The predicted molar refractivity (Wildman–Crippen MR) is 46.9 cm³/mol. The van der Waals surface area contributed by atoms with Gasteiger partial charge in [-0.2, -0.15) is 0 Å². The summed E-state index contributed by atoms with van der Waals surface area (Å²) in [6, 6.07) is 0. The molecule has 1 aromatic heterocycles. The lowest BCUT2D eigenvalue weighted by Crippen LogP contribution is -2.32. The highest BCUT2D eigenvalue weighted by atomic mass is 32.1. The van der Waals surface area contributed by atoms with Gasteiger partial charge in [-0.3, -0.25) is 4.79 Å². The van der Waals surface area contributed by atoms with Crippen LogP contribution >= 0.6 is 11.3 Å². The van der Waals surface area contributed by atoms with Crippen LogP contribution in [0.3, 0.4) is 0 Å². The Balaban J connectivity index is 1.92. The summed E-state index contributed by atoms with van der Waals surface area (Å²) in [6.45, 7) is 0. The molecule has 0 saturated carbocycles. The molecule has 2 N–H and O–H groups in total. The van der Waals surface area contributed by atoms with Crippen LogP contribution in [0.1, 0.15) is 12.8 Å². The maximum absolute atomic E-state index is 10.8. The molecule has 0 aromatic carbocycles. The number of carbonyl (C=O) groups excluding carboxylic acids is 1. The molecule has 2 rings (SSSR count). The van der Waals surface area contributed by atoms with Gasteiger partial charge in [0.25, 0.3) is 0 Å². The maximum Gasteiger partial charge on any atom is 0.221 e. The molecule has 1 saturated heterocycles. The lowest BCUT2D eigenvalue weighted by Gasteiger charge is -2.09. The highest BCUT2D eigenvalue weighted by Crippen LogP contribution is 2.14. The normalized spacial score (nSPS) is 22.3. The number of carbonyl (C=O) groups is 1. The first-order valence-electron chi connectivity index (χ1n) is 3.80. The second-order valence-electron chi connectivity index (χ2n) is 2.64. The molecule has 1 atom stereocenters. The predicted octanol–water partition coefficient (Wildman–Crippen LogP) is 0.791. The van der Waals surface area contributed by atoms with Gasteiger partial charge in [0, 0.05) is 18.0 Å². The fraction of sp³-hybridized carbons (Fsp3) is 0.429. The average molecular weight is 183 g/mol. The highest BCUT2D eigenvalue weighted by molar-refractivity contribution is 7.13. The van der Waals surface area contributed by atoms with Crippen LogP contribution in [0.2, 0.25) is 0 Å². The Hall–Kier alpha value is -1.10. The number of nitrogens with zero attached hydrogens (tertiary/aromatic N) is 1. The second-order valence-corrected chi connectivity index (χ2v) is 3.53. The zero-order valence-electron chi connectivity index (χ0n) is 6.41. The van der Waals surface area contributed by atoms with Crippen LogP contribution in [-0.4, -0.2) is 17.1 Å². The van der Waals surface area contributed by atoms with Gasteiger partial charge >= 0.3 is 0 Å². The van der Waals surface area contributed by atoms with Crippen LogP contribution < -0.4 is 10.6 Å². The van der Waals surface area contributed by atoms with Crippen molar-refractivity contribution in [1.82, 2.24) is 10.3 Å². The zero-order valence-corrected chi connectivity index (χ0v) is 7.23. The van der Waals surface area contributed by atoms with Crippen LogP contribution in [0.4, 0.5) is 5.13 Å². The van der Waals surface area contributed by atoms with Crippen molar-refractivity contribution in [3.8, 4) is 0 Å². The minimum absolute atomic E-state index is 0.0728. The minimum Gasteiger partial charge on any atom is -0.341 e. The molecule has 0 bridgehead atoms. The minimum atomic E-state index is 0.0728. The summed E-state index contributed by atoms with van der Waals surface area (Å²) in [4.78, 5) is 14.9. The van der Waals surface area contributed by atoms with Crippen molar-refractivity contribution in [2.45, 2.75) is 19.0 Å². The van der Waals surface area contributed by atoms with E-state index in [2.05, 4.69) is 15.6 Å². The van der Waals surface area contributed by atoms with Gasteiger partial charge in [-0.1, -0.05) is 0 Å². The van der Waals surface area contributed by atoms with E-state index >= 15 is 0 Å². The summed E-state index contributed by atoms with van der Waals surface area (Å²) < 4.78 is 0. The van der Waals surface area contributed by atoms with Crippen molar-refractivity contribution in [2.24, 2.45) is 0 Å². The van der Waals surface area contributed by atoms with Gasteiger partial charge in [0.1, 0.15) is 6.17 Å². The number of hydrogen-bond donors (Lipinski definition) is 2. The number of amides is 1. The number of hydrogen-bond acceptors (Lipinski definition) is 4. The summed E-state index contributed by atoms with van der Waals surface area (Å²) in [5.74, 6) is 0.115. The summed E-state index contributed by atoms with van der Waals surface area (Å²) in [6.07, 6.45) is 3.27. The summed E-state index contributed by atoms with van der Waals surface area (Å²) >= 11 is 1.54. The molecule has 1 amide bonds. The van der Waals surface area contributed by atoms with Gasteiger partial charge < -0.3 is 10.6 Å². The van der Waals surface area contributed by atoms with Gasteiger partial charge in [0.05, 0.1) is 0 Å². The first-order valence-corrected chi connectivity index (χ1v) is 4.68. The van der Waals surface area contributed by atoms with Gasteiger partial charge in [-0.05, 0) is 6.42 Å². The molecule has 1 aliphatic heterocycles. The molecule has 0 spiro atoms. The third kappa shape index (κ3) is 1.55. The van der Waals surface area contributed by atoms with Gasteiger partial charge in [-0.15, -0.1) is 11.3 Å². The van der Waals surface area contributed by atoms with Crippen molar-refractivity contribution in [3.63, 3.8) is 0 Å². The fourth-order valence-electron chi connectivity index (χ4n) is 1.17. The van der Waals surface area contributed by atoms with Gasteiger partial charge in [-0.25, -0.2) is 4.98 Å². The molecule has 12 heavy (non-hydrogen) atoms. The molecule has 1 fully saturated rings. The van der Waals surface area contributed by atoms with Crippen molar-refractivity contribution in [3.05, 3.63) is 11.6 Å². The smallest absolute Gasteiger partial charge is 0.221 e. The first-order chi connectivity index (χ1) is 5.84. The Labute approximate surface area is 74.0 Å². The molecular weight excluding hydrogens is 174 g/mol. The van der Waals surface area contributed by atoms with E-state index in [0.717, 1.165) is 11.6 Å². The maximum atomic E-state index is 10.8. The van der Waals surface area contributed by atoms with Gasteiger partial charge in [0.15, 0.2) is 5.13 Å². The molecule has 4 nitrogen and oxygen atoms in total. The van der Waals surface area contributed by atoms with Crippen LogP contribution in [-0.2, 0) is 4.79 Å². The standard InChI is InChI=1S/C7H9N3OS/c11-6-2-1-5(9-6)10-7-8-3-4-12-7/h3-5H,1-2H2,(H,8,10)(H,9,11). The van der Waals surface area contributed by atoms with E-state index < -0.39 is 0 Å². The molecule has 1 unspecified atom stereocenters. The van der Waals surface area contributed by atoms with Crippen molar-refractivity contribution >= 4 is 22.4 Å². The SMILES string of the molecule is O=C1CCC(Nc2nccs2)N1. The van der Waals surface area contributed by atoms with E-state index in [4.69, 9.17) is 0 Å². The number of anilines is 1. The summed E-state index contributed by atoms with van der Waals surface area (Å²) in [5, 5.41) is 8.70. The molecular formula is C7H9N3OS. The van der Waals surface area contributed by atoms with E-state index in [1.165, 1.54) is 11.3 Å². The second kappa shape index (κ2) is 3.10. The summed E-state index contributed by atoms with van der Waals surface area (Å²) in [7, 11) is 0. The Morgan fingerprint density at radius 1 is 1.75 bits per heavy atom. The number of thiazole rings is 1. The molecule has 1 aromatic rings. The number of nitrogens with one attached hydrogen (secondary N) is 2. The Morgan fingerprint density at radius 3 is 3.25 bits per heavy atom. The fourth-order valence-corrected chi connectivity index (χ4v) is 1.75. The Morgan fingerprint density at radius 2 is 2.67 bits per heavy atom. The lowest BCUT2D eigenvalue weighted by atomic mass is 10.3. The average Bonchev–Trinajstić information content (AvgIpc) is 2.63. The topological polar surface area (TPSA) is 54.0 Å². The largest absolute Gasteiger partial charge is 0.341 e. The highest BCUT2D eigenvalue weighted by Gasteiger charge is 2.20. The lowest BCUT2D eigenvalue weighted by molar-refractivity contribution is -0.119. The van der Waals surface area contributed by atoms with E-state index in [1.54, 1.807) is 6.20 Å². The Bertz CT molecular complexity index is 272. The van der Waals surface area contributed by atoms with E-state index in [9.17, 15) is 4.79 Å².